The molecule has 0 unspecified atom stereocenters. The van der Waals surface area contributed by atoms with Crippen LogP contribution in [0.4, 0.5) is 0 Å². The topological polar surface area (TPSA) is 78.0 Å². The van der Waals surface area contributed by atoms with Crippen LogP contribution in [-0.4, -0.2) is 79.9 Å². The highest BCUT2D eigenvalue weighted by Crippen LogP contribution is 2.35. The van der Waals surface area contributed by atoms with Crippen LogP contribution >= 0.6 is 0 Å². The Morgan fingerprint density at radius 2 is 1.90 bits per heavy atom. The second-order valence-corrected chi connectivity index (χ2v) is 8.10. The predicted octanol–water partition coefficient (Wildman–Crippen LogP) is -0.651. The van der Waals surface area contributed by atoms with E-state index in [1.807, 2.05) is 6.92 Å². The molecule has 0 aromatic carbocycles. The van der Waals surface area contributed by atoms with Crippen molar-refractivity contribution in [2.24, 2.45) is 5.41 Å². The Hall–Kier alpha value is -1.15. The lowest BCUT2D eigenvalue weighted by atomic mass is 9.86. The second kappa shape index (κ2) is 5.57. The van der Waals surface area contributed by atoms with E-state index in [0.29, 0.717) is 45.7 Å². The van der Waals surface area contributed by atoms with Crippen molar-refractivity contribution < 1.29 is 18.0 Å². The maximum Gasteiger partial charge on any atom is 0.223 e. The second-order valence-electron chi connectivity index (χ2n) is 6.12. The molecule has 2 fully saturated rings. The van der Waals surface area contributed by atoms with Gasteiger partial charge in [0.25, 0.3) is 0 Å². The molecule has 2 aliphatic rings. The lowest BCUT2D eigenvalue weighted by molar-refractivity contribution is -0.130. The molecule has 0 bridgehead atoms. The quantitative estimate of drug-likeness (QED) is 0.678. The zero-order valence-electron chi connectivity index (χ0n) is 12.8. The first-order valence-corrected chi connectivity index (χ1v) is 9.00. The van der Waals surface area contributed by atoms with Gasteiger partial charge in [0, 0.05) is 58.0 Å². The van der Waals surface area contributed by atoms with E-state index in [0.717, 1.165) is 0 Å². The molecule has 2 heterocycles. The van der Waals surface area contributed by atoms with E-state index in [4.69, 9.17) is 0 Å². The van der Waals surface area contributed by atoms with Crippen molar-refractivity contribution >= 4 is 21.8 Å². The average Bonchev–Trinajstić information content (AvgIpc) is 2.55. The molecule has 120 valence electrons. The summed E-state index contributed by atoms with van der Waals surface area (Å²) in [5.41, 5.74) is -0.488. The van der Waals surface area contributed by atoms with E-state index in [1.54, 1.807) is 9.80 Å². The van der Waals surface area contributed by atoms with Crippen LogP contribution in [0, 0.1) is 5.41 Å². The molecule has 21 heavy (non-hydrogen) atoms. The molecular formula is C13H23N3O4S. The fourth-order valence-electron chi connectivity index (χ4n) is 3.25. The molecule has 7 nitrogen and oxygen atoms in total. The summed E-state index contributed by atoms with van der Waals surface area (Å²) in [7, 11) is -3.34. The van der Waals surface area contributed by atoms with Crippen LogP contribution in [-0.2, 0) is 19.6 Å². The molecule has 0 aliphatic carbocycles. The number of sulfonamides is 1. The van der Waals surface area contributed by atoms with Gasteiger partial charge in [0.05, 0.1) is 6.26 Å². The van der Waals surface area contributed by atoms with Crippen molar-refractivity contribution in [2.75, 3.05) is 45.5 Å². The molecule has 0 N–H and O–H groups in total. The first-order chi connectivity index (χ1) is 9.67. The molecule has 1 atom stereocenters. The maximum absolute atomic E-state index is 12.1. The SMILES string of the molecule is CCN1C[C@@]2(CC1=O)CN(C(C)=O)CCN(S(C)(=O)=O)C2. The number of carbonyl (C=O) groups excluding carboxylic acids is 2. The summed E-state index contributed by atoms with van der Waals surface area (Å²) in [4.78, 5) is 27.2. The molecule has 0 aromatic heterocycles. The largest absolute Gasteiger partial charge is 0.342 e. The number of likely N-dealkylation sites (tertiary alicyclic amines) is 1. The maximum atomic E-state index is 12.1. The van der Waals surface area contributed by atoms with E-state index in [1.165, 1.54) is 17.5 Å². The van der Waals surface area contributed by atoms with Gasteiger partial charge in [-0.25, -0.2) is 8.42 Å². The van der Waals surface area contributed by atoms with Crippen molar-refractivity contribution in [1.29, 1.82) is 0 Å². The summed E-state index contributed by atoms with van der Waals surface area (Å²) in [6.07, 6.45) is 1.48. The summed E-state index contributed by atoms with van der Waals surface area (Å²) in [6, 6.07) is 0. The molecular weight excluding hydrogens is 294 g/mol. The summed E-state index contributed by atoms with van der Waals surface area (Å²) in [5, 5.41) is 0. The Morgan fingerprint density at radius 3 is 2.38 bits per heavy atom. The van der Waals surface area contributed by atoms with Crippen molar-refractivity contribution in [3.63, 3.8) is 0 Å². The van der Waals surface area contributed by atoms with Gasteiger partial charge in [-0.1, -0.05) is 0 Å². The van der Waals surface area contributed by atoms with E-state index in [9.17, 15) is 18.0 Å². The van der Waals surface area contributed by atoms with Crippen LogP contribution in [0.2, 0.25) is 0 Å². The van der Waals surface area contributed by atoms with Crippen LogP contribution < -0.4 is 0 Å². The van der Waals surface area contributed by atoms with E-state index in [2.05, 4.69) is 0 Å². The third-order valence-corrected chi connectivity index (χ3v) is 5.61. The van der Waals surface area contributed by atoms with E-state index < -0.39 is 15.4 Å². The Morgan fingerprint density at radius 1 is 1.24 bits per heavy atom. The summed E-state index contributed by atoms with van der Waals surface area (Å²) < 4.78 is 25.2. The standard InChI is InChI=1S/C13H23N3O4S/c1-4-14-8-13(7-12(14)18)9-15(11(2)17)5-6-16(10-13)21(3,19)20/h4-10H2,1-3H3/t13-/m0/s1. The van der Waals surface area contributed by atoms with Gasteiger partial charge in [0.2, 0.25) is 21.8 Å². The van der Waals surface area contributed by atoms with Crippen molar-refractivity contribution in [2.45, 2.75) is 20.3 Å². The Kier molecular flexibility index (Phi) is 4.30. The van der Waals surface area contributed by atoms with Crippen molar-refractivity contribution in [3.05, 3.63) is 0 Å². The minimum atomic E-state index is -3.34. The first-order valence-electron chi connectivity index (χ1n) is 7.15. The van der Waals surface area contributed by atoms with Gasteiger partial charge in [0.15, 0.2) is 0 Å². The minimum Gasteiger partial charge on any atom is -0.342 e. The molecule has 2 saturated heterocycles. The Labute approximate surface area is 125 Å². The summed E-state index contributed by atoms with van der Waals surface area (Å²) >= 11 is 0. The average molecular weight is 317 g/mol. The lowest BCUT2D eigenvalue weighted by Crippen LogP contribution is -2.44. The summed E-state index contributed by atoms with van der Waals surface area (Å²) in [6.45, 7) is 5.93. The highest BCUT2D eigenvalue weighted by molar-refractivity contribution is 7.88. The van der Waals surface area contributed by atoms with Crippen molar-refractivity contribution in [3.8, 4) is 0 Å². The number of amides is 2. The lowest BCUT2D eigenvalue weighted by Gasteiger charge is -2.32. The number of hydrogen-bond donors (Lipinski definition) is 0. The summed E-state index contributed by atoms with van der Waals surface area (Å²) in [5.74, 6) is -0.0384. The Bertz CT molecular complexity index is 548. The van der Waals surface area contributed by atoms with E-state index >= 15 is 0 Å². The molecule has 2 aliphatic heterocycles. The highest BCUT2D eigenvalue weighted by Gasteiger charge is 2.47. The van der Waals surface area contributed by atoms with Gasteiger partial charge in [-0.2, -0.15) is 4.31 Å². The molecule has 8 heteroatoms. The molecule has 1 spiro atoms. The molecule has 2 rings (SSSR count). The molecule has 0 aromatic rings. The third-order valence-electron chi connectivity index (χ3n) is 4.36. The van der Waals surface area contributed by atoms with Crippen LogP contribution in [0.5, 0.6) is 0 Å². The molecule has 2 amide bonds. The van der Waals surface area contributed by atoms with Gasteiger partial charge in [-0.05, 0) is 6.92 Å². The van der Waals surface area contributed by atoms with Gasteiger partial charge < -0.3 is 9.80 Å². The molecule has 0 saturated carbocycles. The normalized spacial score (nSPS) is 28.2. The zero-order chi connectivity index (χ0) is 15.8. The number of nitrogens with zero attached hydrogens (tertiary/aromatic N) is 3. The first kappa shape index (κ1) is 16.2. The number of rotatable bonds is 2. The fourth-order valence-corrected chi connectivity index (χ4v) is 4.17. The van der Waals surface area contributed by atoms with Crippen molar-refractivity contribution in [1.82, 2.24) is 14.1 Å². The van der Waals surface area contributed by atoms with Gasteiger partial charge in [0.1, 0.15) is 0 Å². The smallest absolute Gasteiger partial charge is 0.223 e. The number of hydrogen-bond acceptors (Lipinski definition) is 4. The Balaban J connectivity index is 2.32. The minimum absolute atomic E-state index is 0.0383. The fraction of sp³-hybridized carbons (Fsp3) is 0.846. The zero-order valence-corrected chi connectivity index (χ0v) is 13.6. The predicted molar refractivity (Wildman–Crippen MR) is 78.0 cm³/mol. The van der Waals surface area contributed by atoms with Crippen LogP contribution in [0.25, 0.3) is 0 Å². The number of carbonyl (C=O) groups is 2. The van der Waals surface area contributed by atoms with Gasteiger partial charge in [-0.15, -0.1) is 0 Å². The monoisotopic (exact) mass is 317 g/mol. The molecule has 0 radical (unpaired) electrons. The highest BCUT2D eigenvalue weighted by atomic mass is 32.2. The van der Waals surface area contributed by atoms with Crippen LogP contribution in [0.15, 0.2) is 0 Å². The van der Waals surface area contributed by atoms with Crippen LogP contribution in [0.1, 0.15) is 20.3 Å². The van der Waals surface area contributed by atoms with E-state index in [-0.39, 0.29) is 11.8 Å². The van der Waals surface area contributed by atoms with Gasteiger partial charge in [-0.3, -0.25) is 9.59 Å². The third kappa shape index (κ3) is 3.37. The van der Waals surface area contributed by atoms with Crippen LogP contribution in [0.3, 0.4) is 0 Å². The van der Waals surface area contributed by atoms with Gasteiger partial charge >= 0.3 is 0 Å².